The molecule has 0 bridgehead atoms. The van der Waals surface area contributed by atoms with Crippen LogP contribution in [0, 0.1) is 10.1 Å². The molecule has 1 saturated heterocycles. The van der Waals surface area contributed by atoms with Crippen molar-refractivity contribution in [1.82, 2.24) is 0 Å². The van der Waals surface area contributed by atoms with Crippen LogP contribution < -0.4 is 4.74 Å². The number of carbonyl (C=O) groups is 1. The third kappa shape index (κ3) is 11.2. The van der Waals surface area contributed by atoms with Crippen molar-refractivity contribution in [2.24, 2.45) is 0 Å². The Hall–Kier alpha value is -2.27. The molecule has 0 radical (unpaired) electrons. The minimum atomic E-state index is -1.62. The van der Waals surface area contributed by atoms with E-state index in [4.69, 9.17) is 14.2 Å². The largest absolute Gasteiger partial charge is 0.483 e. The van der Waals surface area contributed by atoms with Gasteiger partial charge in [-0.2, -0.15) is 0 Å². The maximum absolute atomic E-state index is 12.5. The van der Waals surface area contributed by atoms with Gasteiger partial charge in [0.15, 0.2) is 18.5 Å². The Bertz CT molecular complexity index is 804. The molecule has 5 atom stereocenters. The summed E-state index contributed by atoms with van der Waals surface area (Å²) < 4.78 is 16.4. The number of hydrogen-bond donors (Lipinski definition) is 3. The quantitative estimate of drug-likeness (QED) is 0.0975. The number of nitro benzene ring substituents is 1. The van der Waals surface area contributed by atoms with Crippen molar-refractivity contribution >= 4 is 11.7 Å². The zero-order valence-corrected chi connectivity index (χ0v) is 22.5. The molecule has 1 aliphatic heterocycles. The van der Waals surface area contributed by atoms with Crippen LogP contribution in [0.25, 0.3) is 0 Å². The number of aliphatic hydroxyl groups is 3. The van der Waals surface area contributed by atoms with E-state index in [1.165, 1.54) is 82.1 Å². The van der Waals surface area contributed by atoms with Crippen molar-refractivity contribution in [1.29, 1.82) is 0 Å². The summed E-state index contributed by atoms with van der Waals surface area (Å²) >= 11 is 0. The number of rotatable bonds is 19. The fourth-order valence-electron chi connectivity index (χ4n) is 4.62. The van der Waals surface area contributed by atoms with Crippen molar-refractivity contribution in [3.05, 3.63) is 34.4 Å². The average molecular weight is 540 g/mol. The van der Waals surface area contributed by atoms with Crippen LogP contribution >= 0.6 is 0 Å². The van der Waals surface area contributed by atoms with Crippen LogP contribution in [0.4, 0.5) is 5.69 Å². The van der Waals surface area contributed by atoms with E-state index in [1.54, 1.807) is 0 Å². The van der Waals surface area contributed by atoms with Gasteiger partial charge in [-0.05, 0) is 18.6 Å². The van der Waals surface area contributed by atoms with Gasteiger partial charge in [-0.15, -0.1) is 0 Å². The summed E-state index contributed by atoms with van der Waals surface area (Å²) in [6.45, 7) is 1.65. The molecule has 0 amide bonds. The molecule has 0 aliphatic carbocycles. The van der Waals surface area contributed by atoms with Gasteiger partial charge in [-0.1, -0.05) is 84.0 Å². The maximum Gasteiger partial charge on any atom is 0.306 e. The predicted octanol–water partition coefficient (Wildman–Crippen LogP) is 4.81. The molecule has 1 heterocycles. The Morgan fingerprint density at radius 2 is 1.42 bits per heavy atom. The number of unbranched alkanes of at least 4 members (excludes halogenated alkanes) is 12. The minimum absolute atomic E-state index is 0.140. The second-order valence-corrected chi connectivity index (χ2v) is 10.0. The lowest BCUT2D eigenvalue weighted by Gasteiger charge is -2.41. The molecule has 216 valence electrons. The van der Waals surface area contributed by atoms with E-state index < -0.39 is 48.2 Å². The molecule has 0 saturated carbocycles. The molecule has 1 fully saturated rings. The third-order valence-corrected chi connectivity index (χ3v) is 6.89. The van der Waals surface area contributed by atoms with E-state index in [2.05, 4.69) is 6.92 Å². The van der Waals surface area contributed by atoms with Gasteiger partial charge in [0.25, 0.3) is 5.69 Å². The van der Waals surface area contributed by atoms with Crippen molar-refractivity contribution in [3.63, 3.8) is 0 Å². The lowest BCUT2D eigenvalue weighted by molar-refractivity contribution is -0.384. The van der Waals surface area contributed by atoms with Gasteiger partial charge in [0.05, 0.1) is 11.5 Å². The monoisotopic (exact) mass is 539 g/mol. The number of nitrogens with zero attached hydrogens (tertiary/aromatic N) is 1. The third-order valence-electron chi connectivity index (χ3n) is 6.89. The first kappa shape index (κ1) is 31.9. The first-order valence-corrected chi connectivity index (χ1v) is 14.1. The van der Waals surface area contributed by atoms with Crippen molar-refractivity contribution in [2.45, 2.75) is 128 Å². The van der Waals surface area contributed by atoms with Gasteiger partial charge in [0, 0.05) is 18.6 Å². The number of aliphatic hydroxyl groups excluding tert-OH is 3. The molecule has 0 unspecified atom stereocenters. The van der Waals surface area contributed by atoms with Gasteiger partial charge in [-0.3, -0.25) is 14.9 Å². The summed E-state index contributed by atoms with van der Waals surface area (Å²) in [4.78, 5) is 22.8. The molecule has 0 spiro atoms. The maximum atomic E-state index is 12.5. The fourth-order valence-corrected chi connectivity index (χ4v) is 4.62. The summed E-state index contributed by atoms with van der Waals surface area (Å²) in [7, 11) is 0. The number of nitro groups is 1. The van der Waals surface area contributed by atoms with Crippen LogP contribution in [0.5, 0.6) is 5.75 Å². The lowest BCUT2D eigenvalue weighted by Crippen LogP contribution is -2.61. The summed E-state index contributed by atoms with van der Waals surface area (Å²) in [6, 6.07) is 5.15. The smallest absolute Gasteiger partial charge is 0.306 e. The topological polar surface area (TPSA) is 149 Å². The molecule has 10 nitrogen and oxygen atoms in total. The van der Waals surface area contributed by atoms with Gasteiger partial charge in [0.1, 0.15) is 18.0 Å². The first-order chi connectivity index (χ1) is 18.4. The van der Waals surface area contributed by atoms with E-state index in [-0.39, 0.29) is 17.9 Å². The molecule has 1 aromatic carbocycles. The second kappa shape index (κ2) is 18.1. The van der Waals surface area contributed by atoms with Gasteiger partial charge >= 0.3 is 5.97 Å². The fraction of sp³-hybridized carbons (Fsp3) is 0.750. The highest BCUT2D eigenvalue weighted by Gasteiger charge is 2.48. The summed E-state index contributed by atoms with van der Waals surface area (Å²) in [5, 5.41) is 41.4. The molecular weight excluding hydrogens is 494 g/mol. The molecular formula is C28H45NO9. The Morgan fingerprint density at radius 1 is 0.895 bits per heavy atom. The molecule has 2 rings (SSSR count). The molecule has 1 aromatic rings. The Morgan fingerprint density at radius 3 is 1.92 bits per heavy atom. The number of ether oxygens (including phenoxy) is 3. The highest BCUT2D eigenvalue weighted by molar-refractivity contribution is 5.69. The zero-order valence-electron chi connectivity index (χ0n) is 22.5. The van der Waals surface area contributed by atoms with Gasteiger partial charge < -0.3 is 29.5 Å². The highest BCUT2D eigenvalue weighted by atomic mass is 16.7. The second-order valence-electron chi connectivity index (χ2n) is 10.0. The summed E-state index contributed by atoms with van der Waals surface area (Å²) in [5.41, 5.74) is -0.140. The number of esters is 1. The standard InChI is InChI=1S/C28H45NO9/c1-2-3-4-5-6-7-8-9-10-11-12-13-14-15-24(31)38-27-26(25(32)23(20-30)37-28(27)33)36-22-18-16-21(17-19-22)29(34)35/h16-19,23,25-28,30,32-33H,2-15,20H2,1H3/t23-,25-,26+,27-,28+/m1/s1. The number of hydrogen-bond acceptors (Lipinski definition) is 9. The Kier molecular flexibility index (Phi) is 15.2. The SMILES string of the molecule is CCCCCCCCCCCCCCCC(=O)O[C@@H]1[C@@H](Oc2ccc([N+](=O)[O-])cc2)[C@H](O)[C@@H](CO)O[C@@H]1O. The van der Waals surface area contributed by atoms with Crippen LogP contribution in [-0.2, 0) is 14.3 Å². The van der Waals surface area contributed by atoms with Crippen LogP contribution in [0.1, 0.15) is 96.8 Å². The van der Waals surface area contributed by atoms with E-state index in [9.17, 15) is 30.2 Å². The van der Waals surface area contributed by atoms with Gasteiger partial charge in [0.2, 0.25) is 0 Å². The average Bonchev–Trinajstić information content (AvgIpc) is 2.91. The molecule has 0 aromatic heterocycles. The van der Waals surface area contributed by atoms with E-state index in [0.717, 1.165) is 19.3 Å². The molecule has 10 heteroatoms. The zero-order chi connectivity index (χ0) is 27.8. The molecule has 1 aliphatic rings. The predicted molar refractivity (Wildman–Crippen MR) is 142 cm³/mol. The minimum Gasteiger partial charge on any atom is -0.483 e. The van der Waals surface area contributed by atoms with E-state index >= 15 is 0 Å². The summed E-state index contributed by atoms with van der Waals surface area (Å²) in [6.07, 6.45) is 8.84. The van der Waals surface area contributed by atoms with Crippen molar-refractivity contribution < 1.29 is 39.2 Å². The van der Waals surface area contributed by atoms with E-state index in [1.807, 2.05) is 0 Å². The van der Waals surface area contributed by atoms with Crippen molar-refractivity contribution in [2.75, 3.05) is 6.61 Å². The lowest BCUT2D eigenvalue weighted by atomic mass is 9.98. The number of benzene rings is 1. The number of non-ortho nitro benzene ring substituents is 1. The van der Waals surface area contributed by atoms with Crippen LogP contribution in [0.15, 0.2) is 24.3 Å². The first-order valence-electron chi connectivity index (χ1n) is 14.1. The van der Waals surface area contributed by atoms with Crippen molar-refractivity contribution in [3.8, 4) is 5.75 Å². The van der Waals surface area contributed by atoms with E-state index in [0.29, 0.717) is 6.42 Å². The van der Waals surface area contributed by atoms with Crippen LogP contribution in [0.3, 0.4) is 0 Å². The highest BCUT2D eigenvalue weighted by Crippen LogP contribution is 2.28. The Balaban J connectivity index is 1.72. The van der Waals surface area contributed by atoms with Crippen LogP contribution in [0.2, 0.25) is 0 Å². The normalized spacial score (nSPS) is 23.2. The number of carbonyl (C=O) groups excluding carboxylic acids is 1. The van der Waals surface area contributed by atoms with Gasteiger partial charge in [-0.25, -0.2) is 0 Å². The Labute approximate surface area is 225 Å². The summed E-state index contributed by atoms with van der Waals surface area (Å²) in [5.74, 6) is -0.379. The van der Waals surface area contributed by atoms with Crippen LogP contribution in [-0.4, -0.2) is 63.5 Å². The molecule has 38 heavy (non-hydrogen) atoms. The molecule has 3 N–H and O–H groups in total.